The fourth-order valence-corrected chi connectivity index (χ4v) is 1.80. The minimum atomic E-state index is -0.482. The molecule has 0 aliphatic carbocycles. The van der Waals surface area contributed by atoms with Crippen LogP contribution in [-0.2, 0) is 4.74 Å². The first-order chi connectivity index (χ1) is 10.4. The van der Waals surface area contributed by atoms with E-state index in [1.165, 1.54) is 0 Å². The molecule has 1 aromatic carbocycles. The molecule has 0 fully saturated rings. The number of ether oxygens (including phenoxy) is 1. The molecule has 22 heavy (non-hydrogen) atoms. The van der Waals surface area contributed by atoms with E-state index in [1.54, 1.807) is 10.9 Å². The summed E-state index contributed by atoms with van der Waals surface area (Å²) < 4.78 is 6.96. The number of benzene rings is 1. The quantitative estimate of drug-likeness (QED) is 0.941. The molecular formula is C17H21N3O2. The van der Waals surface area contributed by atoms with Gasteiger partial charge in [0.2, 0.25) is 0 Å². The van der Waals surface area contributed by atoms with Gasteiger partial charge in [-0.25, -0.2) is 9.48 Å². The van der Waals surface area contributed by atoms with E-state index < -0.39 is 11.7 Å². The summed E-state index contributed by atoms with van der Waals surface area (Å²) in [4.78, 5) is 11.5. The van der Waals surface area contributed by atoms with Gasteiger partial charge in [0.15, 0.2) is 0 Å². The number of aromatic nitrogens is 2. The zero-order chi connectivity index (χ0) is 16.0. The van der Waals surface area contributed by atoms with Crippen LogP contribution in [0.25, 0.3) is 11.8 Å². The van der Waals surface area contributed by atoms with Gasteiger partial charge in [0.25, 0.3) is 0 Å². The molecule has 1 heterocycles. The Bertz CT molecular complexity index is 639. The molecule has 1 amide bonds. The number of alkyl carbamates (subject to hydrolysis) is 1. The van der Waals surface area contributed by atoms with E-state index in [9.17, 15) is 4.79 Å². The summed E-state index contributed by atoms with van der Waals surface area (Å²) in [7, 11) is 0. The minimum Gasteiger partial charge on any atom is -0.444 e. The van der Waals surface area contributed by atoms with Crippen molar-refractivity contribution >= 4 is 12.2 Å². The van der Waals surface area contributed by atoms with Crippen molar-refractivity contribution in [3.8, 4) is 5.69 Å². The lowest BCUT2D eigenvalue weighted by Crippen LogP contribution is -2.32. The number of carbonyl (C=O) groups is 1. The van der Waals surface area contributed by atoms with Gasteiger partial charge in [0, 0.05) is 18.3 Å². The third-order valence-corrected chi connectivity index (χ3v) is 2.70. The third-order valence-electron chi connectivity index (χ3n) is 2.70. The van der Waals surface area contributed by atoms with Crippen molar-refractivity contribution in [3.05, 3.63) is 54.4 Å². The van der Waals surface area contributed by atoms with E-state index in [2.05, 4.69) is 10.4 Å². The molecule has 5 nitrogen and oxygen atoms in total. The highest BCUT2D eigenvalue weighted by Crippen LogP contribution is 2.09. The fourth-order valence-electron chi connectivity index (χ4n) is 1.80. The van der Waals surface area contributed by atoms with E-state index in [1.807, 2.05) is 69.5 Å². The summed E-state index contributed by atoms with van der Waals surface area (Å²) >= 11 is 0. The highest BCUT2D eigenvalue weighted by molar-refractivity contribution is 5.68. The van der Waals surface area contributed by atoms with Gasteiger partial charge < -0.3 is 10.1 Å². The van der Waals surface area contributed by atoms with Crippen LogP contribution in [0.4, 0.5) is 4.79 Å². The van der Waals surface area contributed by atoms with Crippen LogP contribution in [0.15, 0.2) is 48.8 Å². The van der Waals surface area contributed by atoms with Crippen molar-refractivity contribution < 1.29 is 9.53 Å². The molecule has 116 valence electrons. The smallest absolute Gasteiger partial charge is 0.407 e. The molecule has 5 heteroatoms. The maximum Gasteiger partial charge on any atom is 0.407 e. The van der Waals surface area contributed by atoms with Gasteiger partial charge in [-0.2, -0.15) is 5.10 Å². The molecule has 0 bridgehead atoms. The van der Waals surface area contributed by atoms with Crippen LogP contribution in [0.5, 0.6) is 0 Å². The summed E-state index contributed by atoms with van der Waals surface area (Å²) in [5.41, 5.74) is 1.49. The number of nitrogens with one attached hydrogen (secondary N) is 1. The highest BCUT2D eigenvalue weighted by Gasteiger charge is 2.14. The summed E-state index contributed by atoms with van der Waals surface area (Å²) in [6.07, 6.45) is 7.05. The Morgan fingerprint density at radius 1 is 1.32 bits per heavy atom. The number of hydrogen-bond acceptors (Lipinski definition) is 3. The second-order valence-electron chi connectivity index (χ2n) is 5.84. The molecule has 0 aliphatic heterocycles. The maximum atomic E-state index is 11.5. The van der Waals surface area contributed by atoms with Crippen LogP contribution in [0.1, 0.15) is 26.3 Å². The van der Waals surface area contributed by atoms with E-state index in [0.29, 0.717) is 6.54 Å². The van der Waals surface area contributed by atoms with E-state index in [0.717, 1.165) is 11.3 Å². The van der Waals surface area contributed by atoms with E-state index in [-0.39, 0.29) is 0 Å². The van der Waals surface area contributed by atoms with Crippen LogP contribution in [-0.4, -0.2) is 28.0 Å². The van der Waals surface area contributed by atoms with Gasteiger partial charge in [-0.05, 0) is 32.9 Å². The SMILES string of the molecule is CC(C)(C)OC(=O)NCC=Cc1cnn(-c2ccccc2)c1. The molecule has 0 unspecified atom stereocenters. The zero-order valence-corrected chi connectivity index (χ0v) is 13.1. The number of para-hydroxylation sites is 1. The Morgan fingerprint density at radius 3 is 2.73 bits per heavy atom. The Kier molecular flexibility index (Phi) is 4.99. The molecule has 1 aromatic heterocycles. The highest BCUT2D eigenvalue weighted by atomic mass is 16.6. The zero-order valence-electron chi connectivity index (χ0n) is 13.1. The first-order valence-corrected chi connectivity index (χ1v) is 7.17. The third kappa shape index (κ3) is 5.09. The van der Waals surface area contributed by atoms with Gasteiger partial charge in [0.1, 0.15) is 5.60 Å². The summed E-state index contributed by atoms with van der Waals surface area (Å²) in [5.74, 6) is 0. The van der Waals surface area contributed by atoms with Crippen LogP contribution in [0, 0.1) is 0 Å². The van der Waals surface area contributed by atoms with Crippen molar-refractivity contribution in [2.45, 2.75) is 26.4 Å². The standard InChI is InChI=1S/C17H21N3O2/c1-17(2,3)22-16(21)18-11-7-8-14-12-19-20(13-14)15-9-5-4-6-10-15/h4-10,12-13H,11H2,1-3H3,(H,18,21). The molecule has 0 saturated carbocycles. The number of carbonyl (C=O) groups excluding carboxylic acids is 1. The molecule has 0 aliphatic rings. The molecule has 0 saturated heterocycles. The summed E-state index contributed by atoms with van der Waals surface area (Å²) in [5, 5.41) is 6.97. The lowest BCUT2D eigenvalue weighted by Gasteiger charge is -2.19. The molecule has 0 radical (unpaired) electrons. The normalized spacial score (nSPS) is 11.6. The second kappa shape index (κ2) is 6.93. The first kappa shape index (κ1) is 15.8. The molecule has 1 N–H and O–H groups in total. The van der Waals surface area contributed by atoms with Crippen molar-refractivity contribution in [1.29, 1.82) is 0 Å². The monoisotopic (exact) mass is 299 g/mol. The van der Waals surface area contributed by atoms with Crippen molar-refractivity contribution in [3.63, 3.8) is 0 Å². The van der Waals surface area contributed by atoms with Gasteiger partial charge >= 0.3 is 6.09 Å². The number of rotatable bonds is 4. The lowest BCUT2D eigenvalue weighted by atomic mass is 10.2. The molecule has 0 spiro atoms. The number of nitrogens with zero attached hydrogens (tertiary/aromatic N) is 2. The maximum absolute atomic E-state index is 11.5. The number of amides is 1. The van der Waals surface area contributed by atoms with Gasteiger partial charge in [-0.3, -0.25) is 0 Å². The van der Waals surface area contributed by atoms with Gasteiger partial charge in [-0.15, -0.1) is 0 Å². The largest absolute Gasteiger partial charge is 0.444 e. The van der Waals surface area contributed by atoms with Crippen molar-refractivity contribution in [1.82, 2.24) is 15.1 Å². The Labute approximate surface area is 130 Å². The van der Waals surface area contributed by atoms with Crippen LogP contribution >= 0.6 is 0 Å². The van der Waals surface area contributed by atoms with Crippen LogP contribution in [0.2, 0.25) is 0 Å². The predicted octanol–water partition coefficient (Wildman–Crippen LogP) is 3.41. The number of hydrogen-bond donors (Lipinski definition) is 1. The van der Waals surface area contributed by atoms with Gasteiger partial charge in [0.05, 0.1) is 11.9 Å². The molecule has 2 aromatic rings. The topological polar surface area (TPSA) is 56.1 Å². The Balaban J connectivity index is 1.84. The van der Waals surface area contributed by atoms with E-state index >= 15 is 0 Å². The van der Waals surface area contributed by atoms with Crippen molar-refractivity contribution in [2.75, 3.05) is 6.54 Å². The second-order valence-corrected chi connectivity index (χ2v) is 5.84. The average molecular weight is 299 g/mol. The Morgan fingerprint density at radius 2 is 2.05 bits per heavy atom. The van der Waals surface area contributed by atoms with Crippen LogP contribution in [0.3, 0.4) is 0 Å². The van der Waals surface area contributed by atoms with Crippen LogP contribution < -0.4 is 5.32 Å². The first-order valence-electron chi connectivity index (χ1n) is 7.17. The summed E-state index contributed by atoms with van der Waals surface area (Å²) in [6.45, 7) is 5.91. The predicted molar refractivity (Wildman–Crippen MR) is 86.8 cm³/mol. The molecule has 2 rings (SSSR count). The Hall–Kier alpha value is -2.56. The molecule has 0 atom stereocenters. The molecular weight excluding hydrogens is 278 g/mol. The fraction of sp³-hybridized carbons (Fsp3) is 0.294. The van der Waals surface area contributed by atoms with Crippen molar-refractivity contribution in [2.24, 2.45) is 0 Å². The van der Waals surface area contributed by atoms with Gasteiger partial charge in [-0.1, -0.05) is 30.4 Å². The minimum absolute atomic E-state index is 0.408. The lowest BCUT2D eigenvalue weighted by molar-refractivity contribution is 0.0534. The van der Waals surface area contributed by atoms with E-state index in [4.69, 9.17) is 4.74 Å². The summed E-state index contributed by atoms with van der Waals surface area (Å²) in [6, 6.07) is 9.89. The average Bonchev–Trinajstić information content (AvgIpc) is 2.91.